The second kappa shape index (κ2) is 5.35. The zero-order chi connectivity index (χ0) is 16.0. The Morgan fingerprint density at radius 1 is 1.17 bits per heavy atom. The van der Waals surface area contributed by atoms with Crippen LogP contribution in [-0.4, -0.2) is 16.5 Å². The number of pyridine rings is 1. The van der Waals surface area contributed by atoms with Crippen LogP contribution in [0.5, 0.6) is 0 Å². The first-order chi connectivity index (χ1) is 11.1. The van der Waals surface area contributed by atoms with Crippen molar-refractivity contribution in [3.63, 3.8) is 0 Å². The molecule has 2 aromatic rings. The maximum Gasteiger partial charge on any atom is 0.263 e. The van der Waals surface area contributed by atoms with Gasteiger partial charge in [0.05, 0.1) is 12.1 Å². The van der Waals surface area contributed by atoms with Crippen molar-refractivity contribution in [3.05, 3.63) is 69.6 Å². The smallest absolute Gasteiger partial charge is 0.263 e. The summed E-state index contributed by atoms with van der Waals surface area (Å²) in [6.07, 6.45) is 4.47. The predicted octanol–water partition coefficient (Wildman–Crippen LogP) is 1.54. The molecule has 1 aromatic carbocycles. The number of hydrogen-bond donors (Lipinski definition) is 2. The first kappa shape index (κ1) is 14.2. The van der Waals surface area contributed by atoms with Gasteiger partial charge in [0.2, 0.25) is 0 Å². The Bertz CT molecular complexity index is 823. The molecule has 23 heavy (non-hydrogen) atoms. The molecule has 2 aliphatic rings. The lowest BCUT2D eigenvalue weighted by molar-refractivity contribution is 0.0931. The zero-order valence-electron chi connectivity index (χ0n) is 12.7. The first-order valence-corrected chi connectivity index (χ1v) is 8.00. The Balaban J connectivity index is 1.56. The van der Waals surface area contributed by atoms with E-state index in [1.165, 1.54) is 0 Å². The van der Waals surface area contributed by atoms with Crippen molar-refractivity contribution in [3.8, 4) is 0 Å². The number of nitrogens with zero attached hydrogens (tertiary/aromatic N) is 1. The van der Waals surface area contributed by atoms with E-state index in [-0.39, 0.29) is 35.2 Å². The van der Waals surface area contributed by atoms with Crippen LogP contribution < -0.4 is 16.6 Å². The average Bonchev–Trinajstić information content (AvgIpc) is 3.34. The minimum atomic E-state index is -0.335. The van der Waals surface area contributed by atoms with Crippen LogP contribution in [0, 0.1) is 0 Å². The Morgan fingerprint density at radius 3 is 2.70 bits per heavy atom. The number of nitrogens with one attached hydrogen (secondary N) is 1. The molecule has 118 valence electrons. The molecule has 1 aromatic heterocycles. The molecule has 1 heterocycles. The van der Waals surface area contributed by atoms with E-state index in [4.69, 9.17) is 5.73 Å². The second-order valence-electron chi connectivity index (χ2n) is 6.37. The Hall–Kier alpha value is -2.40. The maximum absolute atomic E-state index is 12.5. The molecular formula is C18H19N3O2. The van der Waals surface area contributed by atoms with Gasteiger partial charge in [0, 0.05) is 12.2 Å². The normalized spacial score (nSPS) is 22.7. The lowest BCUT2D eigenvalue weighted by Gasteiger charge is -2.18. The molecule has 2 atom stereocenters. The second-order valence-corrected chi connectivity index (χ2v) is 6.37. The van der Waals surface area contributed by atoms with E-state index in [1.54, 1.807) is 22.9 Å². The number of hydrogen-bond acceptors (Lipinski definition) is 3. The summed E-state index contributed by atoms with van der Waals surface area (Å²) in [6, 6.07) is 11.2. The van der Waals surface area contributed by atoms with E-state index >= 15 is 0 Å². The predicted molar refractivity (Wildman–Crippen MR) is 87.3 cm³/mol. The molecule has 0 aliphatic heterocycles. The number of aromatic nitrogens is 1. The Labute approximate surface area is 134 Å². The number of carbonyl (C=O) groups is 1. The molecule has 0 unspecified atom stereocenters. The van der Waals surface area contributed by atoms with E-state index in [0.29, 0.717) is 6.42 Å². The lowest BCUT2D eigenvalue weighted by Crippen LogP contribution is -2.43. The summed E-state index contributed by atoms with van der Waals surface area (Å²) in [6.45, 7) is 0. The number of nitrogens with two attached hydrogens (primary N) is 1. The number of carbonyl (C=O) groups excluding carboxylic acids is 1. The third-order valence-electron chi connectivity index (χ3n) is 4.76. The van der Waals surface area contributed by atoms with Crippen molar-refractivity contribution in [1.29, 1.82) is 0 Å². The summed E-state index contributed by atoms with van der Waals surface area (Å²) in [5, 5.41) is 2.94. The van der Waals surface area contributed by atoms with Gasteiger partial charge in [-0.05, 0) is 42.5 Å². The number of rotatable bonds is 3. The van der Waals surface area contributed by atoms with Gasteiger partial charge in [-0.15, -0.1) is 0 Å². The minimum Gasteiger partial charge on any atom is -0.347 e. The summed E-state index contributed by atoms with van der Waals surface area (Å²) >= 11 is 0. The van der Waals surface area contributed by atoms with Crippen LogP contribution in [0.15, 0.2) is 47.4 Å². The molecule has 0 saturated heterocycles. The van der Waals surface area contributed by atoms with Gasteiger partial charge in [0.15, 0.2) is 0 Å². The van der Waals surface area contributed by atoms with Gasteiger partial charge < -0.3 is 15.6 Å². The standard InChI is InChI=1S/C18H19N3O2/c19-16-13-5-2-1-4-11(13)10-15(16)20-17(22)14-6-3-9-21(18(14)23)12-7-8-12/h1-6,9,12,15-16H,7-8,10,19H2,(H,20,22)/t15-,16-/m1/s1. The van der Waals surface area contributed by atoms with Crippen LogP contribution in [0.4, 0.5) is 0 Å². The van der Waals surface area contributed by atoms with E-state index in [1.807, 2.05) is 24.3 Å². The van der Waals surface area contributed by atoms with Crippen LogP contribution in [0.2, 0.25) is 0 Å². The zero-order valence-corrected chi connectivity index (χ0v) is 12.7. The molecule has 1 saturated carbocycles. The van der Waals surface area contributed by atoms with Gasteiger partial charge in [-0.25, -0.2) is 0 Å². The molecule has 1 amide bonds. The summed E-state index contributed by atoms with van der Waals surface area (Å²) in [7, 11) is 0. The largest absolute Gasteiger partial charge is 0.347 e. The molecule has 4 rings (SSSR count). The van der Waals surface area contributed by atoms with Crippen molar-refractivity contribution in [1.82, 2.24) is 9.88 Å². The highest BCUT2D eigenvalue weighted by atomic mass is 16.2. The fourth-order valence-corrected chi connectivity index (χ4v) is 3.34. The van der Waals surface area contributed by atoms with Crippen LogP contribution in [0.1, 0.15) is 46.4 Å². The number of benzene rings is 1. The van der Waals surface area contributed by atoms with Gasteiger partial charge in [0.25, 0.3) is 11.5 Å². The third kappa shape index (κ3) is 2.47. The summed E-state index contributed by atoms with van der Waals surface area (Å²) in [5.74, 6) is -0.335. The van der Waals surface area contributed by atoms with Gasteiger partial charge in [-0.2, -0.15) is 0 Å². The van der Waals surface area contributed by atoms with E-state index in [9.17, 15) is 9.59 Å². The van der Waals surface area contributed by atoms with Gasteiger partial charge >= 0.3 is 0 Å². The van der Waals surface area contributed by atoms with Gasteiger partial charge in [-0.1, -0.05) is 24.3 Å². The average molecular weight is 309 g/mol. The molecule has 0 radical (unpaired) electrons. The molecule has 3 N–H and O–H groups in total. The summed E-state index contributed by atoms with van der Waals surface area (Å²) in [5.41, 5.74) is 8.46. The van der Waals surface area contributed by atoms with E-state index in [0.717, 1.165) is 24.0 Å². The van der Waals surface area contributed by atoms with Crippen LogP contribution in [-0.2, 0) is 6.42 Å². The highest BCUT2D eigenvalue weighted by Gasteiger charge is 2.32. The Morgan fingerprint density at radius 2 is 1.96 bits per heavy atom. The van der Waals surface area contributed by atoms with Crippen molar-refractivity contribution in [2.75, 3.05) is 0 Å². The summed E-state index contributed by atoms with van der Waals surface area (Å²) < 4.78 is 1.66. The maximum atomic E-state index is 12.5. The number of amides is 1. The van der Waals surface area contributed by atoms with Crippen LogP contribution >= 0.6 is 0 Å². The van der Waals surface area contributed by atoms with E-state index in [2.05, 4.69) is 5.32 Å². The van der Waals surface area contributed by atoms with Crippen molar-refractivity contribution >= 4 is 5.91 Å². The highest BCUT2D eigenvalue weighted by Crippen LogP contribution is 2.33. The van der Waals surface area contributed by atoms with Gasteiger partial charge in [-0.3, -0.25) is 9.59 Å². The third-order valence-corrected chi connectivity index (χ3v) is 4.76. The van der Waals surface area contributed by atoms with E-state index < -0.39 is 0 Å². The van der Waals surface area contributed by atoms with Crippen molar-refractivity contribution in [2.45, 2.75) is 37.4 Å². The van der Waals surface area contributed by atoms with Crippen LogP contribution in [0.25, 0.3) is 0 Å². The fraction of sp³-hybridized carbons (Fsp3) is 0.333. The molecular weight excluding hydrogens is 290 g/mol. The quantitative estimate of drug-likeness (QED) is 0.903. The first-order valence-electron chi connectivity index (χ1n) is 8.00. The van der Waals surface area contributed by atoms with Gasteiger partial charge in [0.1, 0.15) is 5.56 Å². The SMILES string of the molecule is N[C@@H]1c2ccccc2C[C@H]1NC(=O)c1cccn(C2CC2)c1=O. The minimum absolute atomic E-state index is 0.172. The highest BCUT2D eigenvalue weighted by molar-refractivity contribution is 5.94. The molecule has 1 fully saturated rings. The lowest BCUT2D eigenvalue weighted by atomic mass is 10.1. The molecule has 5 heteroatoms. The topological polar surface area (TPSA) is 77.1 Å². The molecule has 5 nitrogen and oxygen atoms in total. The molecule has 0 spiro atoms. The van der Waals surface area contributed by atoms with Crippen LogP contribution in [0.3, 0.4) is 0 Å². The van der Waals surface area contributed by atoms with Crippen molar-refractivity contribution in [2.24, 2.45) is 5.73 Å². The number of fused-ring (bicyclic) bond motifs is 1. The Kier molecular flexibility index (Phi) is 3.31. The van der Waals surface area contributed by atoms with Crippen molar-refractivity contribution < 1.29 is 4.79 Å². The molecule has 0 bridgehead atoms. The monoisotopic (exact) mass is 309 g/mol. The summed E-state index contributed by atoms with van der Waals surface area (Å²) in [4.78, 5) is 25.0. The fourth-order valence-electron chi connectivity index (χ4n) is 3.34. The molecule has 2 aliphatic carbocycles.